The summed E-state index contributed by atoms with van der Waals surface area (Å²) in [4.78, 5) is 31.1. The molecule has 3 heterocycles. The molecule has 0 aliphatic carbocycles. The van der Waals surface area contributed by atoms with Crippen molar-refractivity contribution in [2.75, 3.05) is 26.7 Å². The van der Waals surface area contributed by atoms with E-state index in [0.717, 1.165) is 44.0 Å². The van der Waals surface area contributed by atoms with Crippen molar-refractivity contribution >= 4 is 17.2 Å². The van der Waals surface area contributed by atoms with Crippen molar-refractivity contribution < 1.29 is 4.79 Å². The lowest BCUT2D eigenvalue weighted by Crippen LogP contribution is -2.32. The largest absolute Gasteiger partial charge is 0.338 e. The lowest BCUT2D eigenvalue weighted by molar-refractivity contribution is 0.0782. The zero-order chi connectivity index (χ0) is 18.0. The average molecular weight is 359 g/mol. The number of carbonyl (C=O) groups excluding carboxylic acids is 1. The minimum Gasteiger partial charge on any atom is -0.338 e. The van der Waals surface area contributed by atoms with Crippen molar-refractivity contribution in [3.05, 3.63) is 39.4 Å². The highest BCUT2D eigenvalue weighted by atomic mass is 32.1. The number of carbonyl (C=O) groups is 1. The third-order valence-electron chi connectivity index (χ3n) is 4.73. The van der Waals surface area contributed by atoms with Crippen LogP contribution in [0.2, 0.25) is 0 Å². The summed E-state index contributed by atoms with van der Waals surface area (Å²) in [5.41, 5.74) is 4.41. The normalized spacial score (nSPS) is 17.5. The molecule has 1 atom stereocenters. The van der Waals surface area contributed by atoms with E-state index in [4.69, 9.17) is 0 Å². The highest BCUT2D eigenvalue weighted by Gasteiger charge is 2.29. The van der Waals surface area contributed by atoms with Crippen molar-refractivity contribution in [1.29, 1.82) is 0 Å². The average Bonchev–Trinajstić information content (AvgIpc) is 3.16. The van der Waals surface area contributed by atoms with E-state index in [1.165, 1.54) is 4.88 Å². The minimum atomic E-state index is 0.0564. The van der Waals surface area contributed by atoms with E-state index in [2.05, 4.69) is 33.8 Å². The summed E-state index contributed by atoms with van der Waals surface area (Å²) in [6.07, 6.45) is 2.70. The first-order chi connectivity index (χ1) is 11.9. The number of aromatic nitrogens is 3. The Morgan fingerprint density at radius 3 is 2.80 bits per heavy atom. The van der Waals surface area contributed by atoms with E-state index in [1.54, 1.807) is 17.5 Å². The standard InChI is InChI=1S/C18H25N5OS/c1-12-16(7-19-14(3)21-12)18(24)23-6-5-15(9-23)8-22(4)10-17-13(2)20-11-25-17/h7,11,15H,5-6,8-10H2,1-4H3. The van der Waals surface area contributed by atoms with Gasteiger partial charge in [-0.3, -0.25) is 4.79 Å². The van der Waals surface area contributed by atoms with Crippen LogP contribution in [0.1, 0.15) is 38.9 Å². The van der Waals surface area contributed by atoms with Crippen LogP contribution in [0, 0.1) is 26.7 Å². The summed E-state index contributed by atoms with van der Waals surface area (Å²) >= 11 is 1.71. The van der Waals surface area contributed by atoms with Crippen LogP contribution < -0.4 is 0 Å². The first kappa shape index (κ1) is 17.9. The SMILES string of the molecule is Cc1ncc(C(=O)N2CCC(CN(C)Cc3scnc3C)C2)c(C)n1. The highest BCUT2D eigenvalue weighted by Crippen LogP contribution is 2.22. The molecule has 134 valence electrons. The van der Waals surface area contributed by atoms with Gasteiger partial charge in [-0.05, 0) is 40.2 Å². The van der Waals surface area contributed by atoms with Gasteiger partial charge in [-0.1, -0.05) is 0 Å². The zero-order valence-electron chi connectivity index (χ0n) is 15.3. The van der Waals surface area contributed by atoms with Crippen LogP contribution in [0.5, 0.6) is 0 Å². The Hall–Kier alpha value is -1.86. The molecule has 1 aliphatic heterocycles. The van der Waals surface area contributed by atoms with Crippen LogP contribution in [0.4, 0.5) is 0 Å². The molecule has 25 heavy (non-hydrogen) atoms. The predicted molar refractivity (Wildman–Crippen MR) is 98.7 cm³/mol. The van der Waals surface area contributed by atoms with Gasteiger partial charge in [-0.25, -0.2) is 15.0 Å². The molecule has 1 amide bonds. The van der Waals surface area contributed by atoms with Crippen LogP contribution in [0.15, 0.2) is 11.7 Å². The Morgan fingerprint density at radius 1 is 1.32 bits per heavy atom. The molecule has 1 aliphatic rings. The number of rotatable bonds is 5. The summed E-state index contributed by atoms with van der Waals surface area (Å²) in [5.74, 6) is 1.27. The topological polar surface area (TPSA) is 62.2 Å². The maximum absolute atomic E-state index is 12.7. The zero-order valence-corrected chi connectivity index (χ0v) is 16.1. The molecule has 1 fully saturated rings. The summed E-state index contributed by atoms with van der Waals surface area (Å²) in [7, 11) is 2.14. The quantitative estimate of drug-likeness (QED) is 0.821. The lowest BCUT2D eigenvalue weighted by Gasteiger charge is -2.21. The molecule has 0 N–H and O–H groups in total. The molecule has 0 spiro atoms. The van der Waals surface area contributed by atoms with Gasteiger partial charge in [0.15, 0.2) is 0 Å². The fraction of sp³-hybridized carbons (Fsp3) is 0.556. The van der Waals surface area contributed by atoms with E-state index in [9.17, 15) is 4.79 Å². The molecule has 7 heteroatoms. The van der Waals surface area contributed by atoms with Crippen LogP contribution in [-0.2, 0) is 6.54 Å². The Labute approximate surface area is 152 Å². The van der Waals surface area contributed by atoms with Crippen molar-refractivity contribution in [3.8, 4) is 0 Å². The van der Waals surface area contributed by atoms with Gasteiger partial charge in [0, 0.05) is 37.3 Å². The predicted octanol–water partition coefficient (Wildman–Crippen LogP) is 2.45. The number of likely N-dealkylation sites (tertiary alicyclic amines) is 1. The van der Waals surface area contributed by atoms with Crippen molar-refractivity contribution in [2.45, 2.75) is 33.7 Å². The maximum Gasteiger partial charge on any atom is 0.257 e. The van der Waals surface area contributed by atoms with Crippen molar-refractivity contribution in [1.82, 2.24) is 24.8 Å². The van der Waals surface area contributed by atoms with Crippen LogP contribution in [0.25, 0.3) is 0 Å². The van der Waals surface area contributed by atoms with Gasteiger partial charge < -0.3 is 9.80 Å². The molecule has 0 radical (unpaired) electrons. The molecule has 2 aromatic heterocycles. The fourth-order valence-corrected chi connectivity index (χ4v) is 4.21. The molecular formula is C18H25N5OS. The smallest absolute Gasteiger partial charge is 0.257 e. The van der Waals surface area contributed by atoms with Gasteiger partial charge >= 0.3 is 0 Å². The highest BCUT2D eigenvalue weighted by molar-refractivity contribution is 7.09. The molecule has 2 aromatic rings. The second-order valence-electron chi connectivity index (χ2n) is 6.88. The summed E-state index contributed by atoms with van der Waals surface area (Å²) in [5, 5.41) is 0. The van der Waals surface area contributed by atoms with Crippen LogP contribution >= 0.6 is 11.3 Å². The van der Waals surface area contributed by atoms with E-state index in [1.807, 2.05) is 24.3 Å². The molecule has 1 unspecified atom stereocenters. The Balaban J connectivity index is 1.56. The number of aryl methyl sites for hydroxylation is 3. The summed E-state index contributed by atoms with van der Waals surface area (Å²) in [6, 6.07) is 0. The third kappa shape index (κ3) is 4.22. The second-order valence-corrected chi connectivity index (χ2v) is 7.82. The first-order valence-corrected chi connectivity index (χ1v) is 9.49. The molecular weight excluding hydrogens is 334 g/mol. The van der Waals surface area contributed by atoms with Gasteiger partial charge in [0.1, 0.15) is 5.82 Å². The third-order valence-corrected chi connectivity index (χ3v) is 5.65. The van der Waals surface area contributed by atoms with Crippen LogP contribution in [-0.4, -0.2) is 57.3 Å². The van der Waals surface area contributed by atoms with E-state index < -0.39 is 0 Å². The number of hydrogen-bond acceptors (Lipinski definition) is 6. The van der Waals surface area contributed by atoms with Crippen molar-refractivity contribution in [3.63, 3.8) is 0 Å². The van der Waals surface area contributed by atoms with Crippen LogP contribution in [0.3, 0.4) is 0 Å². The summed E-state index contributed by atoms with van der Waals surface area (Å²) < 4.78 is 0. The molecule has 0 saturated carbocycles. The summed E-state index contributed by atoms with van der Waals surface area (Å²) in [6.45, 7) is 9.30. The molecule has 1 saturated heterocycles. The van der Waals surface area contributed by atoms with Gasteiger partial charge in [-0.2, -0.15) is 0 Å². The molecule has 0 aromatic carbocycles. The van der Waals surface area contributed by atoms with Gasteiger partial charge in [0.2, 0.25) is 0 Å². The van der Waals surface area contributed by atoms with Gasteiger partial charge in [-0.15, -0.1) is 11.3 Å². The van der Waals surface area contributed by atoms with E-state index in [-0.39, 0.29) is 5.91 Å². The number of amides is 1. The molecule has 0 bridgehead atoms. The number of thiazole rings is 1. The van der Waals surface area contributed by atoms with Gasteiger partial charge in [0.25, 0.3) is 5.91 Å². The Morgan fingerprint density at radius 2 is 2.12 bits per heavy atom. The van der Waals surface area contributed by atoms with E-state index >= 15 is 0 Å². The Kier molecular flexibility index (Phi) is 5.44. The number of hydrogen-bond donors (Lipinski definition) is 0. The first-order valence-electron chi connectivity index (χ1n) is 8.61. The number of nitrogens with zero attached hydrogens (tertiary/aromatic N) is 5. The molecule has 3 rings (SSSR count). The lowest BCUT2D eigenvalue weighted by atomic mass is 10.1. The van der Waals surface area contributed by atoms with Gasteiger partial charge in [0.05, 0.1) is 22.5 Å². The van der Waals surface area contributed by atoms with Crippen molar-refractivity contribution in [2.24, 2.45) is 5.92 Å². The second kappa shape index (κ2) is 7.58. The molecule has 6 nitrogen and oxygen atoms in total. The Bertz CT molecular complexity index is 760. The monoisotopic (exact) mass is 359 g/mol. The maximum atomic E-state index is 12.7. The minimum absolute atomic E-state index is 0.0564. The van der Waals surface area contributed by atoms with E-state index in [0.29, 0.717) is 17.3 Å². The fourth-order valence-electron chi connectivity index (χ4n) is 3.36.